The molecule has 2 rings (SSSR count). The highest BCUT2D eigenvalue weighted by molar-refractivity contribution is 9.10. The Bertz CT molecular complexity index is 710. The summed E-state index contributed by atoms with van der Waals surface area (Å²) < 4.78 is 24.0. The van der Waals surface area contributed by atoms with E-state index in [4.69, 9.17) is 14.7 Å². The van der Waals surface area contributed by atoms with Crippen LogP contribution in [0.2, 0.25) is 0 Å². The second-order valence-corrected chi connectivity index (χ2v) is 5.10. The summed E-state index contributed by atoms with van der Waals surface area (Å²) in [6, 6.07) is 12.4. The van der Waals surface area contributed by atoms with Crippen LogP contribution in [0.15, 0.2) is 46.9 Å². The lowest BCUT2D eigenvalue weighted by Crippen LogP contribution is -2.13. The van der Waals surface area contributed by atoms with Crippen LogP contribution in [0.5, 0.6) is 5.75 Å². The van der Waals surface area contributed by atoms with Crippen molar-refractivity contribution in [1.82, 2.24) is 0 Å². The zero-order valence-corrected chi connectivity index (χ0v) is 13.0. The Morgan fingerprint density at radius 2 is 1.91 bits per heavy atom. The van der Waals surface area contributed by atoms with E-state index in [2.05, 4.69) is 15.9 Å². The molecule has 0 amide bonds. The molecule has 0 fully saturated rings. The van der Waals surface area contributed by atoms with E-state index in [0.717, 1.165) is 6.07 Å². The summed E-state index contributed by atoms with van der Waals surface area (Å²) in [5.41, 5.74) is 0.660. The third kappa shape index (κ3) is 4.30. The number of rotatable bonds is 5. The first-order chi connectivity index (χ1) is 10.6. The number of carbonyl (C=O) groups excluding carboxylic acids is 1. The summed E-state index contributed by atoms with van der Waals surface area (Å²) in [4.78, 5) is 11.8. The molecule has 0 heterocycles. The van der Waals surface area contributed by atoms with Crippen LogP contribution in [0.3, 0.4) is 0 Å². The molecule has 2 aromatic carbocycles. The van der Waals surface area contributed by atoms with Crippen LogP contribution in [-0.4, -0.2) is 19.2 Å². The molecule has 0 aliphatic rings. The average molecular weight is 364 g/mol. The first-order valence-electron chi connectivity index (χ1n) is 6.35. The Kier molecular flexibility index (Phi) is 5.50. The minimum atomic E-state index is -0.630. The fraction of sp³-hybridized carbons (Fsp3) is 0.125. The van der Waals surface area contributed by atoms with Gasteiger partial charge in [-0.3, -0.25) is 0 Å². The minimum Gasteiger partial charge on any atom is -0.490 e. The molecule has 0 saturated heterocycles. The molecule has 2 aromatic rings. The van der Waals surface area contributed by atoms with E-state index in [1.54, 1.807) is 24.3 Å². The molecule has 0 aliphatic heterocycles. The second-order valence-electron chi connectivity index (χ2n) is 4.24. The van der Waals surface area contributed by atoms with Crippen molar-refractivity contribution in [3.63, 3.8) is 0 Å². The molecule has 6 heteroatoms. The molecule has 0 aromatic heterocycles. The Hall–Kier alpha value is -2.39. The van der Waals surface area contributed by atoms with Crippen molar-refractivity contribution in [2.24, 2.45) is 0 Å². The van der Waals surface area contributed by atoms with Crippen LogP contribution in [0.1, 0.15) is 15.9 Å². The fourth-order valence-electron chi connectivity index (χ4n) is 1.65. The van der Waals surface area contributed by atoms with Gasteiger partial charge in [0, 0.05) is 4.47 Å². The van der Waals surface area contributed by atoms with Gasteiger partial charge < -0.3 is 9.47 Å². The number of halogens is 2. The van der Waals surface area contributed by atoms with E-state index in [1.165, 1.54) is 12.1 Å². The van der Waals surface area contributed by atoms with E-state index in [1.807, 2.05) is 6.07 Å². The summed E-state index contributed by atoms with van der Waals surface area (Å²) >= 11 is 3.17. The van der Waals surface area contributed by atoms with Gasteiger partial charge in [-0.2, -0.15) is 5.26 Å². The van der Waals surface area contributed by atoms with Crippen LogP contribution in [0, 0.1) is 17.1 Å². The maximum Gasteiger partial charge on any atom is 0.339 e. The summed E-state index contributed by atoms with van der Waals surface area (Å²) in [6.07, 6.45) is 0. The largest absolute Gasteiger partial charge is 0.490 e. The molecule has 0 aliphatic carbocycles. The summed E-state index contributed by atoms with van der Waals surface area (Å²) in [6.45, 7) is 0.187. The quantitative estimate of drug-likeness (QED) is 0.600. The molecule has 0 N–H and O–H groups in total. The fourth-order valence-corrected chi connectivity index (χ4v) is 2.06. The highest BCUT2D eigenvalue weighted by Crippen LogP contribution is 2.18. The molecule has 0 unspecified atom stereocenters. The Labute approximate surface area is 135 Å². The first-order valence-corrected chi connectivity index (χ1v) is 7.14. The molecule has 0 atom stereocenters. The summed E-state index contributed by atoms with van der Waals surface area (Å²) in [7, 11) is 0. The molecule has 0 saturated carbocycles. The normalized spacial score (nSPS) is 9.86. The van der Waals surface area contributed by atoms with E-state index in [0.29, 0.717) is 15.8 Å². The number of esters is 1. The topological polar surface area (TPSA) is 59.3 Å². The lowest BCUT2D eigenvalue weighted by atomic mass is 10.2. The van der Waals surface area contributed by atoms with Gasteiger partial charge in [-0.1, -0.05) is 0 Å². The lowest BCUT2D eigenvalue weighted by Gasteiger charge is -2.08. The monoisotopic (exact) mass is 363 g/mol. The summed E-state index contributed by atoms with van der Waals surface area (Å²) in [5, 5.41) is 8.67. The molecule has 4 nitrogen and oxygen atoms in total. The van der Waals surface area contributed by atoms with Gasteiger partial charge in [0.15, 0.2) is 0 Å². The third-order valence-corrected chi connectivity index (χ3v) is 3.41. The Morgan fingerprint density at radius 3 is 2.59 bits per heavy atom. The zero-order valence-electron chi connectivity index (χ0n) is 11.4. The standard InChI is InChI=1S/C16H11BrFNO3/c17-15-6-3-12(18)9-14(15)16(20)22-8-7-21-13-4-1-11(10-19)2-5-13/h1-6,9H,7-8H2. The van der Waals surface area contributed by atoms with Gasteiger partial charge in [0.1, 0.15) is 24.8 Å². The van der Waals surface area contributed by atoms with Gasteiger partial charge in [-0.05, 0) is 58.4 Å². The van der Waals surface area contributed by atoms with Crippen LogP contribution >= 0.6 is 15.9 Å². The number of nitriles is 1. The highest BCUT2D eigenvalue weighted by Gasteiger charge is 2.12. The third-order valence-electron chi connectivity index (χ3n) is 2.72. The van der Waals surface area contributed by atoms with Gasteiger partial charge >= 0.3 is 5.97 Å². The predicted octanol–water partition coefficient (Wildman–Crippen LogP) is 3.70. The molecular weight excluding hydrogens is 353 g/mol. The zero-order chi connectivity index (χ0) is 15.9. The van der Waals surface area contributed by atoms with Gasteiger partial charge in [-0.25, -0.2) is 9.18 Å². The van der Waals surface area contributed by atoms with Crippen molar-refractivity contribution in [1.29, 1.82) is 5.26 Å². The lowest BCUT2D eigenvalue weighted by molar-refractivity contribution is 0.0449. The van der Waals surface area contributed by atoms with Crippen LogP contribution in [0.4, 0.5) is 4.39 Å². The van der Waals surface area contributed by atoms with Crippen molar-refractivity contribution < 1.29 is 18.7 Å². The number of benzene rings is 2. The minimum absolute atomic E-state index is 0.0296. The highest BCUT2D eigenvalue weighted by atomic mass is 79.9. The average Bonchev–Trinajstić information content (AvgIpc) is 2.54. The summed E-state index contributed by atoms with van der Waals surface area (Å²) in [5.74, 6) is -0.569. The molecule has 0 radical (unpaired) electrons. The number of hydrogen-bond donors (Lipinski definition) is 0. The number of carbonyl (C=O) groups is 1. The van der Waals surface area contributed by atoms with Crippen molar-refractivity contribution in [3.05, 3.63) is 63.9 Å². The van der Waals surface area contributed by atoms with Crippen LogP contribution in [0.25, 0.3) is 0 Å². The van der Waals surface area contributed by atoms with Crippen LogP contribution < -0.4 is 4.74 Å². The van der Waals surface area contributed by atoms with E-state index >= 15 is 0 Å². The molecule has 112 valence electrons. The molecular formula is C16H11BrFNO3. The van der Waals surface area contributed by atoms with Gasteiger partial charge in [0.2, 0.25) is 0 Å². The molecule has 0 spiro atoms. The first kappa shape index (κ1) is 16.0. The Morgan fingerprint density at radius 1 is 1.18 bits per heavy atom. The second kappa shape index (κ2) is 7.57. The molecule has 22 heavy (non-hydrogen) atoms. The van der Waals surface area contributed by atoms with E-state index in [-0.39, 0.29) is 18.8 Å². The smallest absolute Gasteiger partial charge is 0.339 e. The maximum atomic E-state index is 13.1. The van der Waals surface area contributed by atoms with Crippen molar-refractivity contribution in [2.75, 3.05) is 13.2 Å². The van der Waals surface area contributed by atoms with E-state index in [9.17, 15) is 9.18 Å². The van der Waals surface area contributed by atoms with Gasteiger partial charge in [-0.15, -0.1) is 0 Å². The maximum absolute atomic E-state index is 13.1. The van der Waals surface area contributed by atoms with Crippen LogP contribution in [-0.2, 0) is 4.74 Å². The van der Waals surface area contributed by atoms with Crippen molar-refractivity contribution in [2.45, 2.75) is 0 Å². The number of nitrogens with zero attached hydrogens (tertiary/aromatic N) is 1. The molecule has 0 bridgehead atoms. The SMILES string of the molecule is N#Cc1ccc(OCCOC(=O)c2cc(F)ccc2Br)cc1. The number of ether oxygens (including phenoxy) is 2. The van der Waals surface area contributed by atoms with E-state index < -0.39 is 11.8 Å². The van der Waals surface area contributed by atoms with Gasteiger partial charge in [0.25, 0.3) is 0 Å². The van der Waals surface area contributed by atoms with Crippen molar-refractivity contribution >= 4 is 21.9 Å². The predicted molar refractivity (Wildman–Crippen MR) is 81.0 cm³/mol. The van der Waals surface area contributed by atoms with Gasteiger partial charge in [0.05, 0.1) is 17.2 Å². The Balaban J connectivity index is 1.82. The van der Waals surface area contributed by atoms with Crippen molar-refractivity contribution in [3.8, 4) is 11.8 Å². The number of hydrogen-bond acceptors (Lipinski definition) is 4.